The van der Waals surface area contributed by atoms with Crippen LogP contribution in [-0.4, -0.2) is 11.0 Å². The summed E-state index contributed by atoms with van der Waals surface area (Å²) in [6.45, 7) is 0. The van der Waals surface area contributed by atoms with E-state index in [1.54, 1.807) is 0 Å². The van der Waals surface area contributed by atoms with E-state index in [1.165, 1.54) is 19.3 Å². The fourth-order valence-electron chi connectivity index (χ4n) is 2.71. The molecule has 10 heavy (non-hydrogen) atoms. The van der Waals surface area contributed by atoms with Gasteiger partial charge in [0.2, 0.25) is 6.04 Å². The van der Waals surface area contributed by atoms with Crippen LogP contribution >= 0.6 is 0 Å². The van der Waals surface area contributed by atoms with Gasteiger partial charge < -0.3 is 0 Å². The molecule has 3 heteroatoms. The lowest BCUT2D eigenvalue weighted by Gasteiger charge is -1.85. The van der Waals surface area contributed by atoms with Crippen LogP contribution in [0.4, 0.5) is 0 Å². The van der Waals surface area contributed by atoms with Crippen molar-refractivity contribution < 1.29 is 4.92 Å². The molecular formula is C7H9NO2. The lowest BCUT2D eigenvalue weighted by Crippen LogP contribution is -2.04. The van der Waals surface area contributed by atoms with E-state index in [0.717, 1.165) is 6.42 Å². The number of hydrogen-bond donors (Lipinski definition) is 0. The molecule has 3 aliphatic rings. The molecule has 3 fully saturated rings. The zero-order chi connectivity index (χ0) is 6.98. The molecule has 3 rings (SSSR count). The largest absolute Gasteiger partial charge is 0.264 e. The van der Waals surface area contributed by atoms with Crippen molar-refractivity contribution in [2.45, 2.75) is 31.7 Å². The van der Waals surface area contributed by atoms with Gasteiger partial charge in [-0.3, -0.25) is 10.1 Å². The Labute approximate surface area is 58.6 Å². The maximum Gasteiger partial charge on any atom is 0.220 e. The second-order valence-electron chi connectivity index (χ2n) is 4.12. The first-order valence-electron chi connectivity index (χ1n) is 3.84. The van der Waals surface area contributed by atoms with Gasteiger partial charge in [0.25, 0.3) is 0 Å². The average Bonchev–Trinajstić information content (AvgIpc) is 2.66. The summed E-state index contributed by atoms with van der Waals surface area (Å²) in [6, 6.07) is -0.144. The molecular weight excluding hydrogens is 130 g/mol. The van der Waals surface area contributed by atoms with Crippen LogP contribution in [0.15, 0.2) is 0 Å². The third-order valence-corrected chi connectivity index (χ3v) is 3.73. The van der Waals surface area contributed by atoms with Crippen LogP contribution in [0.1, 0.15) is 25.7 Å². The van der Waals surface area contributed by atoms with Gasteiger partial charge in [0.05, 0.1) is 5.41 Å². The van der Waals surface area contributed by atoms with Gasteiger partial charge in [-0.25, -0.2) is 0 Å². The van der Waals surface area contributed by atoms with Gasteiger partial charge in [0.1, 0.15) is 0 Å². The van der Waals surface area contributed by atoms with Crippen LogP contribution in [0, 0.1) is 20.9 Å². The second-order valence-corrected chi connectivity index (χ2v) is 4.12. The van der Waals surface area contributed by atoms with Gasteiger partial charge in [-0.1, -0.05) is 0 Å². The number of fused-ring (bicyclic) bond motifs is 1. The summed E-state index contributed by atoms with van der Waals surface area (Å²) in [4.78, 5) is 10.3. The third kappa shape index (κ3) is 0.328. The summed E-state index contributed by atoms with van der Waals surface area (Å²) in [6.07, 6.45) is 4.61. The SMILES string of the molecule is O=[N+]([O-])C1CC12CC21CC1. The van der Waals surface area contributed by atoms with Crippen molar-refractivity contribution >= 4 is 0 Å². The van der Waals surface area contributed by atoms with Crippen LogP contribution in [0.2, 0.25) is 0 Å². The highest BCUT2D eigenvalue weighted by Gasteiger charge is 2.89. The summed E-state index contributed by atoms with van der Waals surface area (Å²) in [7, 11) is 0. The van der Waals surface area contributed by atoms with E-state index in [1.807, 2.05) is 0 Å². The Balaban J connectivity index is 1.84. The molecule has 2 spiro atoms. The predicted molar refractivity (Wildman–Crippen MR) is 34.1 cm³/mol. The van der Waals surface area contributed by atoms with E-state index in [9.17, 15) is 10.1 Å². The molecule has 0 heterocycles. The highest BCUT2D eigenvalue weighted by molar-refractivity contribution is 5.33. The molecule has 0 aliphatic heterocycles. The van der Waals surface area contributed by atoms with Gasteiger partial charge in [-0.15, -0.1) is 0 Å². The standard InChI is InChI=1S/C7H9NO2/c9-8(10)5-3-7(5)4-6(7)1-2-6/h5H,1-4H2. The normalized spacial score (nSPS) is 51.4. The maximum atomic E-state index is 10.3. The first-order chi connectivity index (χ1) is 4.70. The van der Waals surface area contributed by atoms with Gasteiger partial charge in [0, 0.05) is 11.3 Å². The summed E-state index contributed by atoms with van der Waals surface area (Å²) in [5.74, 6) is 0. The summed E-state index contributed by atoms with van der Waals surface area (Å²) < 4.78 is 0. The van der Waals surface area contributed by atoms with Crippen LogP contribution < -0.4 is 0 Å². The van der Waals surface area contributed by atoms with E-state index >= 15 is 0 Å². The summed E-state index contributed by atoms with van der Waals surface area (Å²) >= 11 is 0. The van der Waals surface area contributed by atoms with Crippen molar-refractivity contribution in [1.82, 2.24) is 0 Å². The van der Waals surface area contributed by atoms with Crippen LogP contribution in [0.5, 0.6) is 0 Å². The molecule has 2 unspecified atom stereocenters. The lowest BCUT2D eigenvalue weighted by atomic mass is 10.3. The molecule has 0 aromatic carbocycles. The van der Waals surface area contributed by atoms with E-state index < -0.39 is 0 Å². The molecule has 3 nitrogen and oxygen atoms in total. The zero-order valence-electron chi connectivity index (χ0n) is 5.67. The molecule has 0 amide bonds. The first-order valence-corrected chi connectivity index (χ1v) is 3.84. The molecule has 0 radical (unpaired) electrons. The molecule has 3 aliphatic carbocycles. The van der Waals surface area contributed by atoms with Crippen molar-refractivity contribution in [3.05, 3.63) is 10.1 Å². The van der Waals surface area contributed by atoms with Gasteiger partial charge in [0.15, 0.2) is 0 Å². The Morgan fingerprint density at radius 1 is 1.50 bits per heavy atom. The molecule has 54 valence electrons. The Morgan fingerprint density at radius 3 is 2.50 bits per heavy atom. The summed E-state index contributed by atoms with van der Waals surface area (Å²) in [5.41, 5.74) is 0.765. The van der Waals surface area contributed by atoms with Crippen LogP contribution in [0.25, 0.3) is 0 Å². The number of hydrogen-bond acceptors (Lipinski definition) is 2. The molecule has 0 bridgehead atoms. The maximum absolute atomic E-state index is 10.3. The van der Waals surface area contributed by atoms with Gasteiger partial charge in [-0.2, -0.15) is 0 Å². The monoisotopic (exact) mass is 139 g/mol. The third-order valence-electron chi connectivity index (χ3n) is 3.73. The quantitative estimate of drug-likeness (QED) is 0.404. The van der Waals surface area contributed by atoms with Crippen molar-refractivity contribution in [2.24, 2.45) is 10.8 Å². The highest BCUT2D eigenvalue weighted by atomic mass is 16.6. The number of rotatable bonds is 1. The molecule has 2 atom stereocenters. The predicted octanol–water partition coefficient (Wildman–Crippen LogP) is 1.21. The van der Waals surface area contributed by atoms with Crippen LogP contribution in [0.3, 0.4) is 0 Å². The minimum atomic E-state index is -0.144. The highest BCUT2D eigenvalue weighted by Crippen LogP contribution is 2.89. The van der Waals surface area contributed by atoms with Crippen molar-refractivity contribution in [2.75, 3.05) is 0 Å². The lowest BCUT2D eigenvalue weighted by molar-refractivity contribution is -0.500. The fraction of sp³-hybridized carbons (Fsp3) is 1.00. The molecule has 0 saturated heterocycles. The van der Waals surface area contributed by atoms with E-state index in [2.05, 4.69) is 0 Å². The van der Waals surface area contributed by atoms with Crippen LogP contribution in [-0.2, 0) is 0 Å². The number of nitrogens with zero attached hydrogens (tertiary/aromatic N) is 1. The van der Waals surface area contributed by atoms with Gasteiger partial charge in [-0.05, 0) is 24.7 Å². The minimum absolute atomic E-state index is 0.0763. The fourth-order valence-corrected chi connectivity index (χ4v) is 2.71. The van der Waals surface area contributed by atoms with E-state index in [4.69, 9.17) is 0 Å². The second kappa shape index (κ2) is 1.00. The Hall–Kier alpha value is -0.600. The minimum Gasteiger partial charge on any atom is -0.264 e. The molecule has 0 N–H and O–H groups in total. The summed E-state index contributed by atoms with van der Waals surface area (Å²) in [5, 5.41) is 10.3. The van der Waals surface area contributed by atoms with E-state index in [-0.39, 0.29) is 16.4 Å². The Morgan fingerprint density at radius 2 is 2.20 bits per heavy atom. The number of nitro groups is 1. The molecule has 0 aromatic rings. The van der Waals surface area contributed by atoms with Crippen molar-refractivity contribution in [3.63, 3.8) is 0 Å². The molecule has 3 saturated carbocycles. The van der Waals surface area contributed by atoms with Gasteiger partial charge >= 0.3 is 0 Å². The molecule has 0 aromatic heterocycles. The average molecular weight is 139 g/mol. The Bertz CT molecular complexity index is 234. The topological polar surface area (TPSA) is 43.1 Å². The van der Waals surface area contributed by atoms with Crippen molar-refractivity contribution in [3.8, 4) is 0 Å². The first kappa shape index (κ1) is 5.10. The zero-order valence-corrected chi connectivity index (χ0v) is 5.67. The van der Waals surface area contributed by atoms with E-state index in [0.29, 0.717) is 5.41 Å². The van der Waals surface area contributed by atoms with Crippen molar-refractivity contribution in [1.29, 1.82) is 0 Å². The smallest absolute Gasteiger partial charge is 0.220 e. The Kier molecular flexibility index (Phi) is 0.513.